The summed E-state index contributed by atoms with van der Waals surface area (Å²) in [4.78, 5) is 16.4. The molecule has 2 aromatic rings. The minimum absolute atomic E-state index is 0.191. The summed E-state index contributed by atoms with van der Waals surface area (Å²) in [6, 6.07) is 8.85. The predicted molar refractivity (Wildman–Crippen MR) is 84.1 cm³/mol. The third-order valence-electron chi connectivity index (χ3n) is 3.62. The highest BCUT2D eigenvalue weighted by molar-refractivity contribution is 5.96. The topological polar surface area (TPSA) is 69.7 Å². The molecule has 0 radical (unpaired) electrons. The largest absolute Gasteiger partial charge is 0.486 e. The Morgan fingerprint density at radius 2 is 2.04 bits per heavy atom. The van der Waals surface area contributed by atoms with E-state index in [9.17, 15) is 4.79 Å². The van der Waals surface area contributed by atoms with Crippen molar-refractivity contribution in [2.75, 3.05) is 20.3 Å². The van der Waals surface area contributed by atoms with Gasteiger partial charge in [0.25, 0.3) is 5.91 Å². The van der Waals surface area contributed by atoms with E-state index in [2.05, 4.69) is 10.3 Å². The van der Waals surface area contributed by atoms with E-state index in [0.717, 1.165) is 11.3 Å². The third kappa shape index (κ3) is 3.21. The van der Waals surface area contributed by atoms with Gasteiger partial charge in [0.15, 0.2) is 11.5 Å². The second-order valence-corrected chi connectivity index (χ2v) is 5.16. The smallest absolute Gasteiger partial charge is 0.257 e. The summed E-state index contributed by atoms with van der Waals surface area (Å²) in [7, 11) is 1.49. The number of aromatic nitrogens is 1. The molecule has 1 N–H and O–H groups in total. The number of nitrogens with one attached hydrogen (secondary N) is 1. The molecule has 1 aliphatic rings. The maximum absolute atomic E-state index is 12.4. The normalized spacial score (nSPS) is 14.0. The van der Waals surface area contributed by atoms with Crippen LogP contribution in [0, 0.1) is 0 Å². The lowest BCUT2D eigenvalue weighted by Crippen LogP contribution is -2.27. The van der Waals surface area contributed by atoms with Gasteiger partial charge in [-0.05, 0) is 36.8 Å². The number of ether oxygens (including phenoxy) is 3. The van der Waals surface area contributed by atoms with Gasteiger partial charge in [-0.15, -0.1) is 0 Å². The molecule has 1 aliphatic heterocycles. The number of rotatable bonds is 4. The van der Waals surface area contributed by atoms with Crippen LogP contribution in [-0.4, -0.2) is 31.2 Å². The van der Waals surface area contributed by atoms with Gasteiger partial charge in [0, 0.05) is 6.20 Å². The summed E-state index contributed by atoms with van der Waals surface area (Å²) in [5.41, 5.74) is 1.34. The Hall–Kier alpha value is -2.76. The number of nitrogens with zero attached hydrogens (tertiary/aromatic N) is 1. The Morgan fingerprint density at radius 1 is 1.26 bits per heavy atom. The molecule has 3 rings (SSSR count). The van der Waals surface area contributed by atoms with Crippen LogP contribution >= 0.6 is 0 Å². The molecule has 2 heterocycles. The molecular weight excluding hydrogens is 296 g/mol. The molecule has 0 bridgehead atoms. The highest BCUT2D eigenvalue weighted by atomic mass is 16.6. The molecule has 1 aromatic carbocycles. The van der Waals surface area contributed by atoms with Crippen LogP contribution in [0.4, 0.5) is 0 Å². The van der Waals surface area contributed by atoms with Gasteiger partial charge in [0.05, 0.1) is 13.2 Å². The molecule has 120 valence electrons. The van der Waals surface area contributed by atoms with Gasteiger partial charge in [-0.2, -0.15) is 0 Å². The Bertz CT molecular complexity index is 717. The number of fused-ring (bicyclic) bond motifs is 1. The average Bonchev–Trinajstić information content (AvgIpc) is 2.61. The van der Waals surface area contributed by atoms with E-state index in [1.165, 1.54) is 7.11 Å². The molecule has 0 aliphatic carbocycles. The van der Waals surface area contributed by atoms with Crippen LogP contribution in [0.5, 0.6) is 17.4 Å². The van der Waals surface area contributed by atoms with Crippen LogP contribution in [0.1, 0.15) is 28.9 Å². The van der Waals surface area contributed by atoms with E-state index in [1.807, 2.05) is 25.1 Å². The van der Waals surface area contributed by atoms with Gasteiger partial charge in [0.1, 0.15) is 18.8 Å². The predicted octanol–water partition coefficient (Wildman–Crippen LogP) is 2.35. The summed E-state index contributed by atoms with van der Waals surface area (Å²) in [5.74, 6) is 1.50. The molecule has 0 spiro atoms. The first kappa shape index (κ1) is 15.1. The van der Waals surface area contributed by atoms with Crippen molar-refractivity contribution in [1.82, 2.24) is 10.3 Å². The fourth-order valence-corrected chi connectivity index (χ4v) is 2.41. The molecule has 1 amide bonds. The third-order valence-corrected chi connectivity index (χ3v) is 3.62. The number of amides is 1. The summed E-state index contributed by atoms with van der Waals surface area (Å²) >= 11 is 0. The van der Waals surface area contributed by atoms with Gasteiger partial charge >= 0.3 is 0 Å². The molecule has 0 fully saturated rings. The van der Waals surface area contributed by atoms with Crippen molar-refractivity contribution in [3.63, 3.8) is 0 Å². The molecular formula is C17H18N2O4. The van der Waals surface area contributed by atoms with E-state index < -0.39 is 0 Å². The molecule has 23 heavy (non-hydrogen) atoms. The van der Waals surface area contributed by atoms with Gasteiger partial charge < -0.3 is 19.5 Å². The average molecular weight is 314 g/mol. The maximum Gasteiger partial charge on any atom is 0.257 e. The van der Waals surface area contributed by atoms with E-state index in [-0.39, 0.29) is 11.9 Å². The monoisotopic (exact) mass is 314 g/mol. The zero-order chi connectivity index (χ0) is 16.2. The molecule has 1 aromatic heterocycles. The molecule has 0 saturated carbocycles. The van der Waals surface area contributed by atoms with Crippen LogP contribution < -0.4 is 19.5 Å². The first-order chi connectivity index (χ1) is 11.2. The standard InChI is InChI=1S/C17H18N2O4/c1-11(12-5-6-14-15(10-12)23-9-8-22-14)19-16(20)13-4-3-7-18-17(13)21-2/h3-7,10-11H,8-9H2,1-2H3,(H,19,20)/t11-/m0/s1. The Morgan fingerprint density at radius 3 is 2.83 bits per heavy atom. The molecule has 0 unspecified atom stereocenters. The summed E-state index contributed by atoms with van der Waals surface area (Å²) in [6.45, 7) is 3.00. The number of carbonyl (C=O) groups is 1. The second-order valence-electron chi connectivity index (χ2n) is 5.16. The van der Waals surface area contributed by atoms with Crippen LogP contribution in [0.2, 0.25) is 0 Å². The van der Waals surface area contributed by atoms with Crippen molar-refractivity contribution in [1.29, 1.82) is 0 Å². The Kier molecular flexibility index (Phi) is 4.32. The number of hydrogen-bond donors (Lipinski definition) is 1. The lowest BCUT2D eigenvalue weighted by atomic mass is 10.1. The Balaban J connectivity index is 1.76. The van der Waals surface area contributed by atoms with Crippen molar-refractivity contribution in [2.45, 2.75) is 13.0 Å². The minimum Gasteiger partial charge on any atom is -0.486 e. The minimum atomic E-state index is -0.239. The van der Waals surface area contributed by atoms with E-state index in [1.54, 1.807) is 18.3 Å². The van der Waals surface area contributed by atoms with Crippen molar-refractivity contribution < 1.29 is 19.0 Å². The lowest BCUT2D eigenvalue weighted by Gasteiger charge is -2.21. The fraction of sp³-hybridized carbons (Fsp3) is 0.294. The number of pyridine rings is 1. The SMILES string of the molecule is COc1ncccc1C(=O)N[C@@H](C)c1ccc2c(c1)OCCO2. The van der Waals surface area contributed by atoms with Gasteiger partial charge in [-0.3, -0.25) is 4.79 Å². The summed E-state index contributed by atoms with van der Waals surface area (Å²) < 4.78 is 16.2. The van der Waals surface area contributed by atoms with Crippen molar-refractivity contribution in [2.24, 2.45) is 0 Å². The van der Waals surface area contributed by atoms with E-state index >= 15 is 0 Å². The van der Waals surface area contributed by atoms with Gasteiger partial charge in [0.2, 0.25) is 5.88 Å². The maximum atomic E-state index is 12.4. The molecule has 1 atom stereocenters. The Labute approximate surface area is 134 Å². The van der Waals surface area contributed by atoms with Crippen molar-refractivity contribution >= 4 is 5.91 Å². The number of methoxy groups -OCH3 is 1. The first-order valence-electron chi connectivity index (χ1n) is 7.38. The number of carbonyl (C=O) groups excluding carboxylic acids is 1. The van der Waals surface area contributed by atoms with Crippen LogP contribution in [0.25, 0.3) is 0 Å². The van der Waals surface area contributed by atoms with Crippen LogP contribution in [-0.2, 0) is 0 Å². The summed E-state index contributed by atoms with van der Waals surface area (Å²) in [5, 5.41) is 2.94. The zero-order valence-electron chi connectivity index (χ0n) is 13.0. The molecule has 6 heteroatoms. The van der Waals surface area contributed by atoms with E-state index in [4.69, 9.17) is 14.2 Å². The second kappa shape index (κ2) is 6.56. The first-order valence-corrected chi connectivity index (χ1v) is 7.38. The highest BCUT2D eigenvalue weighted by Gasteiger charge is 2.18. The van der Waals surface area contributed by atoms with Crippen LogP contribution in [0.3, 0.4) is 0 Å². The van der Waals surface area contributed by atoms with Gasteiger partial charge in [-0.25, -0.2) is 4.98 Å². The van der Waals surface area contributed by atoms with Crippen molar-refractivity contribution in [3.8, 4) is 17.4 Å². The van der Waals surface area contributed by atoms with Crippen LogP contribution in [0.15, 0.2) is 36.5 Å². The number of benzene rings is 1. The highest BCUT2D eigenvalue weighted by Crippen LogP contribution is 2.32. The fourth-order valence-electron chi connectivity index (χ4n) is 2.41. The number of hydrogen-bond acceptors (Lipinski definition) is 5. The van der Waals surface area contributed by atoms with Crippen molar-refractivity contribution in [3.05, 3.63) is 47.7 Å². The zero-order valence-corrected chi connectivity index (χ0v) is 13.0. The van der Waals surface area contributed by atoms with E-state index in [0.29, 0.717) is 30.4 Å². The molecule has 6 nitrogen and oxygen atoms in total. The molecule has 0 saturated heterocycles. The quantitative estimate of drug-likeness (QED) is 0.938. The van der Waals surface area contributed by atoms with Gasteiger partial charge in [-0.1, -0.05) is 6.07 Å². The summed E-state index contributed by atoms with van der Waals surface area (Å²) in [6.07, 6.45) is 1.58. The lowest BCUT2D eigenvalue weighted by molar-refractivity contribution is 0.0936.